The number of carboxylic acids is 1. The van der Waals surface area contributed by atoms with Gasteiger partial charge in [-0.15, -0.1) is 0 Å². The van der Waals surface area contributed by atoms with Crippen molar-refractivity contribution in [2.45, 2.75) is 31.8 Å². The molecule has 0 spiro atoms. The highest BCUT2D eigenvalue weighted by molar-refractivity contribution is 6.30. The minimum absolute atomic E-state index is 0.123. The van der Waals surface area contributed by atoms with Gasteiger partial charge < -0.3 is 5.11 Å². The van der Waals surface area contributed by atoms with Gasteiger partial charge in [-0.1, -0.05) is 23.7 Å². The molecule has 2 unspecified atom stereocenters. The van der Waals surface area contributed by atoms with E-state index in [-0.39, 0.29) is 6.04 Å². The maximum atomic E-state index is 10.9. The van der Waals surface area contributed by atoms with Crippen LogP contribution in [0.3, 0.4) is 0 Å². The smallest absolute Gasteiger partial charge is 0.320 e. The van der Waals surface area contributed by atoms with Crippen molar-refractivity contribution in [3.05, 3.63) is 34.9 Å². The average Bonchev–Trinajstić information content (AvgIpc) is 3.10. The third-order valence-corrected chi connectivity index (χ3v) is 3.37. The Morgan fingerprint density at radius 2 is 2.00 bits per heavy atom. The van der Waals surface area contributed by atoms with Crippen molar-refractivity contribution in [2.24, 2.45) is 5.92 Å². The molecular weight excluding hydrogens is 238 g/mol. The van der Waals surface area contributed by atoms with Gasteiger partial charge in [0, 0.05) is 11.1 Å². The number of hydrogen-bond donors (Lipinski definition) is 2. The van der Waals surface area contributed by atoms with Gasteiger partial charge in [0.2, 0.25) is 0 Å². The predicted molar refractivity (Wildman–Crippen MR) is 67.2 cm³/mol. The fraction of sp³-hybridized carbons (Fsp3) is 0.462. The molecule has 0 saturated heterocycles. The van der Waals surface area contributed by atoms with Crippen LogP contribution in [-0.4, -0.2) is 17.1 Å². The van der Waals surface area contributed by atoms with Crippen molar-refractivity contribution in [1.82, 2.24) is 5.32 Å². The van der Waals surface area contributed by atoms with Crippen molar-refractivity contribution in [3.8, 4) is 0 Å². The molecular formula is C13H16ClNO2. The SMILES string of the molecule is CC(NC(c1ccc(Cl)cc1)C1CC1)C(=O)O. The number of carboxylic acid groups (broad SMARTS) is 1. The Kier molecular flexibility index (Phi) is 3.69. The standard InChI is InChI=1S/C13H16ClNO2/c1-8(13(16)17)15-12(9-2-3-9)10-4-6-11(14)7-5-10/h4-9,12,15H,2-3H2,1H3,(H,16,17). The van der Waals surface area contributed by atoms with Gasteiger partial charge in [-0.05, 0) is 43.4 Å². The van der Waals surface area contributed by atoms with E-state index in [1.54, 1.807) is 6.92 Å². The van der Waals surface area contributed by atoms with Crippen molar-refractivity contribution < 1.29 is 9.90 Å². The van der Waals surface area contributed by atoms with Crippen molar-refractivity contribution >= 4 is 17.6 Å². The summed E-state index contributed by atoms with van der Waals surface area (Å²) in [4.78, 5) is 10.9. The lowest BCUT2D eigenvalue weighted by Crippen LogP contribution is -2.37. The van der Waals surface area contributed by atoms with Gasteiger partial charge in [0.15, 0.2) is 0 Å². The van der Waals surface area contributed by atoms with Crippen LogP contribution in [0.5, 0.6) is 0 Å². The molecule has 1 aromatic carbocycles. The van der Waals surface area contributed by atoms with Crippen LogP contribution in [0.1, 0.15) is 31.4 Å². The van der Waals surface area contributed by atoms with Gasteiger partial charge in [-0.3, -0.25) is 10.1 Å². The normalized spacial score (nSPS) is 18.7. The van der Waals surface area contributed by atoms with Gasteiger partial charge >= 0.3 is 5.97 Å². The Morgan fingerprint density at radius 1 is 1.41 bits per heavy atom. The molecule has 3 nitrogen and oxygen atoms in total. The van der Waals surface area contributed by atoms with Crippen LogP contribution in [0.15, 0.2) is 24.3 Å². The number of carbonyl (C=O) groups is 1. The first kappa shape index (κ1) is 12.4. The van der Waals surface area contributed by atoms with E-state index >= 15 is 0 Å². The fourth-order valence-corrected chi connectivity index (χ4v) is 2.07. The highest BCUT2D eigenvalue weighted by Gasteiger charge is 2.33. The third kappa shape index (κ3) is 3.20. The summed E-state index contributed by atoms with van der Waals surface area (Å²) in [6, 6.07) is 7.22. The lowest BCUT2D eigenvalue weighted by molar-refractivity contribution is -0.139. The molecule has 2 N–H and O–H groups in total. The Hall–Kier alpha value is -1.06. The molecule has 0 amide bonds. The number of hydrogen-bond acceptors (Lipinski definition) is 2. The van der Waals surface area contributed by atoms with Crippen LogP contribution in [0.2, 0.25) is 5.02 Å². The number of halogens is 1. The zero-order valence-corrected chi connectivity index (χ0v) is 10.4. The molecule has 0 aliphatic heterocycles. The largest absolute Gasteiger partial charge is 0.480 e. The Morgan fingerprint density at radius 3 is 2.47 bits per heavy atom. The van der Waals surface area contributed by atoms with Crippen LogP contribution < -0.4 is 5.32 Å². The van der Waals surface area contributed by atoms with Crippen LogP contribution >= 0.6 is 11.6 Å². The number of benzene rings is 1. The van der Waals surface area contributed by atoms with E-state index in [4.69, 9.17) is 16.7 Å². The van der Waals surface area contributed by atoms with Crippen molar-refractivity contribution in [1.29, 1.82) is 0 Å². The maximum Gasteiger partial charge on any atom is 0.320 e. The first-order valence-corrected chi connectivity index (χ1v) is 6.20. The Balaban J connectivity index is 2.12. The first-order valence-electron chi connectivity index (χ1n) is 5.82. The summed E-state index contributed by atoms with van der Waals surface area (Å²) in [6.45, 7) is 1.67. The second kappa shape index (κ2) is 5.07. The Bertz CT molecular complexity index is 400. The molecule has 0 aromatic heterocycles. The van der Waals surface area contributed by atoms with Gasteiger partial charge in [0.05, 0.1) is 0 Å². The number of aliphatic carboxylic acids is 1. The van der Waals surface area contributed by atoms with Crippen LogP contribution in [0.25, 0.3) is 0 Å². The maximum absolute atomic E-state index is 10.9. The number of nitrogens with one attached hydrogen (secondary N) is 1. The molecule has 2 rings (SSSR count). The quantitative estimate of drug-likeness (QED) is 0.848. The molecule has 0 heterocycles. The zero-order chi connectivity index (χ0) is 12.4. The summed E-state index contributed by atoms with van der Waals surface area (Å²) in [5.74, 6) is -0.261. The molecule has 1 aromatic rings. The minimum Gasteiger partial charge on any atom is -0.480 e. The van der Waals surface area contributed by atoms with E-state index in [1.807, 2.05) is 24.3 Å². The van der Waals surface area contributed by atoms with Crippen molar-refractivity contribution in [2.75, 3.05) is 0 Å². The van der Waals surface area contributed by atoms with Gasteiger partial charge in [-0.25, -0.2) is 0 Å². The molecule has 1 aliphatic carbocycles. The lowest BCUT2D eigenvalue weighted by atomic mass is 10.0. The molecule has 1 fully saturated rings. The van der Waals surface area contributed by atoms with Crippen molar-refractivity contribution in [3.63, 3.8) is 0 Å². The topological polar surface area (TPSA) is 49.3 Å². The molecule has 0 bridgehead atoms. The summed E-state index contributed by atoms with van der Waals surface area (Å²) in [7, 11) is 0. The molecule has 4 heteroatoms. The van der Waals surface area contributed by atoms with Crippen LogP contribution in [0, 0.1) is 5.92 Å². The van der Waals surface area contributed by atoms with Gasteiger partial charge in [0.25, 0.3) is 0 Å². The monoisotopic (exact) mass is 253 g/mol. The third-order valence-electron chi connectivity index (χ3n) is 3.12. The van der Waals surface area contributed by atoms with Gasteiger partial charge in [-0.2, -0.15) is 0 Å². The summed E-state index contributed by atoms with van der Waals surface area (Å²) >= 11 is 5.85. The molecule has 17 heavy (non-hydrogen) atoms. The lowest BCUT2D eigenvalue weighted by Gasteiger charge is -2.21. The first-order chi connectivity index (χ1) is 8.08. The fourth-order valence-electron chi connectivity index (χ4n) is 1.94. The predicted octanol–water partition coefficient (Wildman–Crippen LogP) is 2.85. The zero-order valence-electron chi connectivity index (χ0n) is 9.69. The minimum atomic E-state index is -0.815. The highest BCUT2D eigenvalue weighted by Crippen LogP contribution is 2.41. The molecule has 1 saturated carbocycles. The summed E-state index contributed by atoms with van der Waals surface area (Å²) in [6.07, 6.45) is 2.32. The molecule has 0 radical (unpaired) electrons. The Labute approximate surface area is 106 Å². The van der Waals surface area contributed by atoms with E-state index in [1.165, 1.54) is 0 Å². The van der Waals surface area contributed by atoms with Gasteiger partial charge in [0.1, 0.15) is 6.04 Å². The van der Waals surface area contributed by atoms with E-state index in [9.17, 15) is 4.79 Å². The van der Waals surface area contributed by atoms with E-state index in [0.717, 1.165) is 18.4 Å². The van der Waals surface area contributed by atoms with Crippen LogP contribution in [0.4, 0.5) is 0 Å². The van der Waals surface area contributed by atoms with E-state index in [2.05, 4.69) is 5.32 Å². The highest BCUT2D eigenvalue weighted by atomic mass is 35.5. The second-order valence-electron chi connectivity index (χ2n) is 4.59. The second-order valence-corrected chi connectivity index (χ2v) is 5.03. The van der Waals surface area contributed by atoms with E-state index in [0.29, 0.717) is 10.9 Å². The summed E-state index contributed by atoms with van der Waals surface area (Å²) in [5.41, 5.74) is 1.12. The number of rotatable bonds is 5. The molecule has 92 valence electrons. The summed E-state index contributed by atoms with van der Waals surface area (Å²) < 4.78 is 0. The van der Waals surface area contributed by atoms with E-state index < -0.39 is 12.0 Å². The molecule has 2 atom stereocenters. The molecule has 1 aliphatic rings. The average molecular weight is 254 g/mol. The van der Waals surface area contributed by atoms with Crippen LogP contribution in [-0.2, 0) is 4.79 Å². The summed E-state index contributed by atoms with van der Waals surface area (Å²) in [5, 5.41) is 12.8.